The van der Waals surface area contributed by atoms with Crippen molar-refractivity contribution in [2.24, 2.45) is 0 Å². The topological polar surface area (TPSA) is 131 Å². The van der Waals surface area contributed by atoms with Crippen LogP contribution in [0.15, 0.2) is 42.5 Å². The molecule has 0 aliphatic carbocycles. The third-order valence-corrected chi connectivity index (χ3v) is 2.91. The van der Waals surface area contributed by atoms with Crippen molar-refractivity contribution in [3.63, 3.8) is 0 Å². The lowest BCUT2D eigenvalue weighted by Crippen LogP contribution is -2.12. The molecule has 0 saturated heterocycles. The SMILES string of the molecule is CCOc1ccc(Oc2ccc(C(=O)O[N+](=O)[O-])c([N+](=O)[O-])c2)cc1. The van der Waals surface area contributed by atoms with Crippen LogP contribution in [0.3, 0.4) is 0 Å². The van der Waals surface area contributed by atoms with Crippen LogP contribution in [-0.4, -0.2) is 22.6 Å². The maximum atomic E-state index is 11.5. The Morgan fingerprint density at radius 3 is 2.16 bits per heavy atom. The van der Waals surface area contributed by atoms with Crippen LogP contribution in [0.1, 0.15) is 17.3 Å². The Bertz CT molecular complexity index is 804. The molecule has 130 valence electrons. The number of nitro groups is 1. The van der Waals surface area contributed by atoms with Crippen LogP contribution in [0.25, 0.3) is 0 Å². The van der Waals surface area contributed by atoms with Crippen molar-refractivity contribution in [3.05, 3.63) is 68.3 Å². The van der Waals surface area contributed by atoms with Gasteiger partial charge in [-0.3, -0.25) is 14.9 Å². The van der Waals surface area contributed by atoms with Crippen molar-refractivity contribution in [3.8, 4) is 17.2 Å². The first-order valence-corrected chi connectivity index (χ1v) is 6.96. The van der Waals surface area contributed by atoms with Gasteiger partial charge in [-0.2, -0.15) is 0 Å². The molecule has 0 aliphatic heterocycles. The molecule has 0 bridgehead atoms. The van der Waals surface area contributed by atoms with Gasteiger partial charge in [-0.1, -0.05) is 0 Å². The molecule has 0 N–H and O–H groups in total. The summed E-state index contributed by atoms with van der Waals surface area (Å²) >= 11 is 0. The minimum atomic E-state index is -1.44. The Kier molecular flexibility index (Phi) is 5.46. The van der Waals surface area contributed by atoms with E-state index in [-0.39, 0.29) is 5.75 Å². The lowest BCUT2D eigenvalue weighted by atomic mass is 10.1. The molecule has 10 heteroatoms. The monoisotopic (exact) mass is 348 g/mol. The first kappa shape index (κ1) is 17.7. The average Bonchev–Trinajstić information content (AvgIpc) is 2.56. The number of rotatable bonds is 7. The largest absolute Gasteiger partial charge is 0.494 e. The van der Waals surface area contributed by atoms with E-state index in [4.69, 9.17) is 9.47 Å². The summed E-state index contributed by atoms with van der Waals surface area (Å²) in [6.45, 7) is 2.35. The summed E-state index contributed by atoms with van der Waals surface area (Å²) in [4.78, 5) is 35.7. The first-order chi connectivity index (χ1) is 11.9. The fraction of sp³-hybridized carbons (Fsp3) is 0.133. The number of benzene rings is 2. The molecule has 0 aromatic heterocycles. The van der Waals surface area contributed by atoms with Gasteiger partial charge in [-0.15, -0.1) is 10.1 Å². The maximum Gasteiger partial charge on any atom is 0.341 e. The Labute approximate surface area is 140 Å². The summed E-state index contributed by atoms with van der Waals surface area (Å²) in [5, 5.41) is 20.0. The van der Waals surface area contributed by atoms with Crippen LogP contribution in [0, 0.1) is 20.2 Å². The zero-order valence-corrected chi connectivity index (χ0v) is 12.9. The van der Waals surface area contributed by atoms with E-state index in [2.05, 4.69) is 4.84 Å². The quantitative estimate of drug-likeness (QED) is 0.551. The summed E-state index contributed by atoms with van der Waals surface area (Å²) in [6.07, 6.45) is 0. The van der Waals surface area contributed by atoms with Gasteiger partial charge in [0.1, 0.15) is 22.8 Å². The predicted molar refractivity (Wildman–Crippen MR) is 83.2 cm³/mol. The second-order valence-corrected chi connectivity index (χ2v) is 4.54. The van der Waals surface area contributed by atoms with Crippen molar-refractivity contribution in [1.82, 2.24) is 0 Å². The highest BCUT2D eigenvalue weighted by molar-refractivity contribution is 5.93. The number of carbonyl (C=O) groups excluding carboxylic acids is 1. The van der Waals surface area contributed by atoms with Crippen molar-refractivity contribution in [2.45, 2.75) is 6.92 Å². The third-order valence-electron chi connectivity index (χ3n) is 2.91. The number of nitro benzene ring substituents is 1. The minimum Gasteiger partial charge on any atom is -0.494 e. The molecule has 2 aromatic rings. The fourth-order valence-corrected chi connectivity index (χ4v) is 1.92. The summed E-state index contributed by atoms with van der Waals surface area (Å²) in [5.41, 5.74) is -1.23. The van der Waals surface area contributed by atoms with Gasteiger partial charge in [0.25, 0.3) is 5.69 Å². The molecule has 0 aliphatic rings. The zero-order valence-electron chi connectivity index (χ0n) is 12.9. The van der Waals surface area contributed by atoms with E-state index < -0.39 is 27.2 Å². The highest BCUT2D eigenvalue weighted by Gasteiger charge is 2.24. The number of hydrogen-bond acceptors (Lipinski definition) is 8. The molecule has 25 heavy (non-hydrogen) atoms. The molecular weight excluding hydrogens is 336 g/mol. The predicted octanol–water partition coefficient (Wildman–Crippen LogP) is 3.13. The normalized spacial score (nSPS) is 9.96. The van der Waals surface area contributed by atoms with E-state index in [1.54, 1.807) is 24.3 Å². The smallest absolute Gasteiger partial charge is 0.341 e. The van der Waals surface area contributed by atoms with E-state index in [9.17, 15) is 25.0 Å². The molecule has 0 atom stereocenters. The summed E-state index contributed by atoms with van der Waals surface area (Å²) in [7, 11) is 0. The molecule has 0 amide bonds. The van der Waals surface area contributed by atoms with Gasteiger partial charge in [0.2, 0.25) is 0 Å². The molecule has 0 fully saturated rings. The average molecular weight is 348 g/mol. The van der Waals surface area contributed by atoms with Crippen molar-refractivity contribution in [2.75, 3.05) is 6.61 Å². The molecule has 0 spiro atoms. The molecule has 0 heterocycles. The molecule has 10 nitrogen and oxygen atoms in total. The molecule has 0 saturated carbocycles. The summed E-state index contributed by atoms with van der Waals surface area (Å²) < 4.78 is 10.8. The van der Waals surface area contributed by atoms with Crippen LogP contribution >= 0.6 is 0 Å². The van der Waals surface area contributed by atoms with Gasteiger partial charge < -0.3 is 9.47 Å². The first-order valence-electron chi connectivity index (χ1n) is 6.96. The number of nitrogens with zero attached hydrogens (tertiary/aromatic N) is 2. The summed E-state index contributed by atoms with van der Waals surface area (Å²) in [6, 6.07) is 9.80. The Morgan fingerprint density at radius 1 is 1.00 bits per heavy atom. The van der Waals surface area contributed by atoms with E-state index in [0.29, 0.717) is 18.1 Å². The van der Waals surface area contributed by atoms with E-state index in [1.165, 1.54) is 6.07 Å². The number of carbonyl (C=O) groups is 1. The number of hydrogen-bond donors (Lipinski definition) is 0. The lowest BCUT2D eigenvalue weighted by Gasteiger charge is -2.08. The van der Waals surface area contributed by atoms with Crippen LogP contribution in [0.4, 0.5) is 5.69 Å². The molecule has 2 aromatic carbocycles. The second-order valence-electron chi connectivity index (χ2n) is 4.54. The maximum absolute atomic E-state index is 11.5. The van der Waals surface area contributed by atoms with E-state index in [1.807, 2.05) is 6.92 Å². The Morgan fingerprint density at radius 2 is 1.60 bits per heavy atom. The van der Waals surface area contributed by atoms with Gasteiger partial charge in [-0.05, 0) is 43.3 Å². The van der Waals surface area contributed by atoms with Crippen molar-refractivity contribution < 1.29 is 29.1 Å². The van der Waals surface area contributed by atoms with Gasteiger partial charge in [0.05, 0.1) is 17.6 Å². The van der Waals surface area contributed by atoms with E-state index >= 15 is 0 Å². The lowest BCUT2D eigenvalue weighted by molar-refractivity contribution is -0.727. The highest BCUT2D eigenvalue weighted by Crippen LogP contribution is 2.29. The van der Waals surface area contributed by atoms with Crippen molar-refractivity contribution >= 4 is 11.7 Å². The standard InChI is InChI=1S/C15H12N2O8/c1-2-23-10-3-5-11(6-4-10)24-12-7-8-13(14(9-12)16(19)20)15(18)25-17(21)22/h3-9H,2H2,1H3. The molecular formula is C15H12N2O8. The van der Waals surface area contributed by atoms with Gasteiger partial charge in [-0.25, -0.2) is 4.84 Å². The summed E-state index contributed by atoms with van der Waals surface area (Å²) in [5.74, 6) is -0.338. The molecule has 0 radical (unpaired) electrons. The second kappa shape index (κ2) is 7.73. The highest BCUT2D eigenvalue weighted by atomic mass is 17.0. The molecule has 0 unspecified atom stereocenters. The molecule has 2 rings (SSSR count). The zero-order chi connectivity index (χ0) is 18.4. The van der Waals surface area contributed by atoms with Gasteiger partial charge in [0, 0.05) is 0 Å². The van der Waals surface area contributed by atoms with Crippen molar-refractivity contribution in [1.29, 1.82) is 0 Å². The van der Waals surface area contributed by atoms with Crippen LogP contribution in [-0.2, 0) is 4.84 Å². The van der Waals surface area contributed by atoms with Gasteiger partial charge in [0.15, 0.2) is 0 Å². The fourth-order valence-electron chi connectivity index (χ4n) is 1.92. The van der Waals surface area contributed by atoms with Crippen LogP contribution < -0.4 is 9.47 Å². The van der Waals surface area contributed by atoms with E-state index in [0.717, 1.165) is 12.1 Å². The minimum absolute atomic E-state index is 0.0773. The van der Waals surface area contributed by atoms with Crippen LogP contribution in [0.2, 0.25) is 0 Å². The third kappa shape index (κ3) is 4.64. The Hall–Kier alpha value is -3.69. The van der Waals surface area contributed by atoms with Crippen LogP contribution in [0.5, 0.6) is 17.2 Å². The van der Waals surface area contributed by atoms with Gasteiger partial charge >= 0.3 is 11.1 Å². The Balaban J connectivity index is 2.24. The number of ether oxygens (including phenoxy) is 2.